The minimum atomic E-state index is -2.27. The summed E-state index contributed by atoms with van der Waals surface area (Å²) in [7, 11) is 0. The van der Waals surface area contributed by atoms with Crippen LogP contribution in [0.25, 0.3) is 11.1 Å². The molecule has 0 heterocycles. The first kappa shape index (κ1) is 27.0. The summed E-state index contributed by atoms with van der Waals surface area (Å²) in [5.74, 6) is -10.7. The van der Waals surface area contributed by atoms with Gasteiger partial charge in [-0.15, -0.1) is 0 Å². The van der Waals surface area contributed by atoms with Gasteiger partial charge in [0.05, 0.1) is 5.56 Å². The summed E-state index contributed by atoms with van der Waals surface area (Å²) < 4.78 is 78.8. The van der Waals surface area contributed by atoms with E-state index in [1.807, 2.05) is 0 Å². The maximum Gasteiger partial charge on any atom is 0.200 e. The van der Waals surface area contributed by atoms with Crippen molar-refractivity contribution >= 4 is 0 Å². The van der Waals surface area contributed by atoms with Crippen molar-refractivity contribution in [1.82, 2.24) is 5.32 Å². The van der Waals surface area contributed by atoms with E-state index in [2.05, 4.69) is 26.1 Å². The molecule has 1 atom stereocenters. The number of hydrogen-bond donors (Lipinski definition) is 1. The Morgan fingerprint density at radius 1 is 0.710 bits per heavy atom. The number of benzene rings is 2. The van der Waals surface area contributed by atoms with Crippen molar-refractivity contribution in [2.75, 3.05) is 13.1 Å². The Morgan fingerprint density at radius 3 is 1.81 bits per heavy atom. The van der Waals surface area contributed by atoms with Gasteiger partial charge in [0.2, 0.25) is 5.82 Å². The zero-order valence-corrected chi connectivity index (χ0v) is 18.3. The van der Waals surface area contributed by atoms with Crippen LogP contribution in [0.2, 0.25) is 0 Å². The van der Waals surface area contributed by atoms with E-state index in [0.717, 1.165) is 18.1 Å². The quantitative estimate of drug-likeness (QED) is 0.170. The van der Waals surface area contributed by atoms with Gasteiger partial charge in [0.15, 0.2) is 23.3 Å². The Hall–Kier alpha value is -2.02. The van der Waals surface area contributed by atoms with Crippen LogP contribution < -0.4 is 5.32 Å². The summed E-state index contributed by atoms with van der Waals surface area (Å²) in [6.07, 6.45) is 8.17. The molecule has 0 saturated heterocycles. The Labute approximate surface area is 180 Å². The molecule has 2 rings (SSSR count). The molecule has 0 bridgehead atoms. The molecule has 0 aromatic heterocycles. The molecule has 0 spiro atoms. The van der Waals surface area contributed by atoms with Crippen molar-refractivity contribution in [3.8, 4) is 11.1 Å². The molecule has 0 amide bonds. The molecule has 0 radical (unpaired) electrons. The minimum Gasteiger partial charge on any atom is -0.317 e. The van der Waals surface area contributed by atoms with Crippen molar-refractivity contribution in [1.29, 1.82) is 0 Å². The molecule has 1 nitrogen and oxygen atoms in total. The highest BCUT2D eigenvalue weighted by atomic mass is 19.2. The van der Waals surface area contributed by atoms with Crippen LogP contribution in [0.4, 0.5) is 26.3 Å². The zero-order chi connectivity index (χ0) is 23.4. The van der Waals surface area contributed by atoms with Gasteiger partial charge < -0.3 is 5.32 Å². The molecular formula is C24H31F6N. The molecule has 0 aliphatic heterocycles. The molecular weight excluding hydrogens is 416 g/mol. The summed E-state index contributed by atoms with van der Waals surface area (Å²) in [6, 6.07) is 4.22. The lowest BCUT2D eigenvalue weighted by molar-refractivity contribution is 0.381. The maximum atomic E-state index is 13.4. The monoisotopic (exact) mass is 447 g/mol. The van der Waals surface area contributed by atoms with Crippen LogP contribution in [0.3, 0.4) is 0 Å². The van der Waals surface area contributed by atoms with E-state index in [0.29, 0.717) is 0 Å². The lowest BCUT2D eigenvalue weighted by atomic mass is 9.96. The average Bonchev–Trinajstić information content (AvgIpc) is 2.78. The topological polar surface area (TPSA) is 12.0 Å². The third-order valence-corrected chi connectivity index (χ3v) is 5.05. The van der Waals surface area contributed by atoms with Crippen molar-refractivity contribution in [3.63, 3.8) is 0 Å². The molecule has 1 N–H and O–H groups in total. The third kappa shape index (κ3) is 7.87. The fourth-order valence-corrected chi connectivity index (χ4v) is 3.16. The molecule has 0 fully saturated rings. The van der Waals surface area contributed by atoms with Crippen molar-refractivity contribution in [2.24, 2.45) is 5.92 Å². The fourth-order valence-electron chi connectivity index (χ4n) is 3.16. The standard InChI is InChI=1S/C12H4F6.C12H27N/c13-6-4-2-1-3-5(6)7-8(14)10(16)12(18)11(17)9(7)15;1-4-7-8-12(6-3)9-11-13-10-5-2/h1-4H;12-13H,4-11H2,1-3H3. The highest BCUT2D eigenvalue weighted by molar-refractivity contribution is 5.65. The highest BCUT2D eigenvalue weighted by Crippen LogP contribution is 2.32. The lowest BCUT2D eigenvalue weighted by Crippen LogP contribution is -2.18. The van der Waals surface area contributed by atoms with E-state index in [-0.39, 0.29) is 0 Å². The van der Waals surface area contributed by atoms with Gasteiger partial charge in [0.25, 0.3) is 0 Å². The Balaban J connectivity index is 0.000000330. The van der Waals surface area contributed by atoms with E-state index >= 15 is 0 Å². The Morgan fingerprint density at radius 2 is 1.29 bits per heavy atom. The fraction of sp³-hybridized carbons (Fsp3) is 0.500. The summed E-state index contributed by atoms with van der Waals surface area (Å²) in [4.78, 5) is 0. The van der Waals surface area contributed by atoms with Crippen LogP contribution in [0.5, 0.6) is 0 Å². The maximum absolute atomic E-state index is 13.4. The van der Waals surface area contributed by atoms with Gasteiger partial charge in [-0.1, -0.05) is 64.7 Å². The van der Waals surface area contributed by atoms with Crippen LogP contribution >= 0.6 is 0 Å². The molecule has 2 aromatic carbocycles. The smallest absolute Gasteiger partial charge is 0.200 e. The Kier molecular flexibility index (Phi) is 12.3. The van der Waals surface area contributed by atoms with Crippen LogP contribution in [0.15, 0.2) is 24.3 Å². The predicted octanol–water partition coefficient (Wildman–Crippen LogP) is 7.78. The van der Waals surface area contributed by atoms with Gasteiger partial charge in [0, 0.05) is 5.56 Å². The van der Waals surface area contributed by atoms with E-state index in [1.165, 1.54) is 63.7 Å². The van der Waals surface area contributed by atoms with E-state index in [1.54, 1.807) is 0 Å². The van der Waals surface area contributed by atoms with Crippen LogP contribution in [-0.4, -0.2) is 13.1 Å². The summed E-state index contributed by atoms with van der Waals surface area (Å²) >= 11 is 0. The van der Waals surface area contributed by atoms with Crippen molar-refractivity contribution in [2.45, 2.75) is 59.3 Å². The van der Waals surface area contributed by atoms with Crippen molar-refractivity contribution in [3.05, 3.63) is 59.2 Å². The predicted molar refractivity (Wildman–Crippen MR) is 113 cm³/mol. The number of hydrogen-bond acceptors (Lipinski definition) is 1. The second kappa shape index (κ2) is 14.1. The van der Waals surface area contributed by atoms with Gasteiger partial charge in [0.1, 0.15) is 5.82 Å². The van der Waals surface area contributed by atoms with E-state index < -0.39 is 46.0 Å². The molecule has 31 heavy (non-hydrogen) atoms. The Bertz CT molecular complexity index is 780. The van der Waals surface area contributed by atoms with Crippen LogP contribution in [0, 0.1) is 40.8 Å². The van der Waals surface area contributed by atoms with Crippen molar-refractivity contribution < 1.29 is 26.3 Å². The molecule has 0 aliphatic rings. The van der Waals surface area contributed by atoms with Gasteiger partial charge in [-0.25, -0.2) is 26.3 Å². The van der Waals surface area contributed by atoms with Gasteiger partial charge in [-0.05, 0) is 37.9 Å². The third-order valence-electron chi connectivity index (χ3n) is 5.05. The van der Waals surface area contributed by atoms with E-state index in [9.17, 15) is 26.3 Å². The molecule has 174 valence electrons. The molecule has 0 saturated carbocycles. The largest absolute Gasteiger partial charge is 0.317 e. The number of unbranched alkanes of at least 4 members (excludes halogenated alkanes) is 1. The minimum absolute atomic E-state index is 0.690. The molecule has 2 aromatic rings. The zero-order valence-electron chi connectivity index (χ0n) is 18.3. The second-order valence-electron chi connectivity index (χ2n) is 7.38. The molecule has 0 aliphatic carbocycles. The highest BCUT2D eigenvalue weighted by Gasteiger charge is 2.27. The summed E-state index contributed by atoms with van der Waals surface area (Å²) in [6.45, 7) is 9.23. The first-order valence-electron chi connectivity index (χ1n) is 10.8. The first-order chi connectivity index (χ1) is 14.8. The average molecular weight is 448 g/mol. The van der Waals surface area contributed by atoms with Gasteiger partial charge in [-0.3, -0.25) is 0 Å². The SMILES string of the molecule is CCCCC(CC)CCNCCC.Fc1ccccc1-c1c(F)c(F)c(F)c(F)c1F. The van der Waals surface area contributed by atoms with Crippen LogP contribution in [0.1, 0.15) is 59.3 Å². The summed E-state index contributed by atoms with van der Waals surface area (Å²) in [5.41, 5.74) is -1.96. The second-order valence-corrected chi connectivity index (χ2v) is 7.38. The number of nitrogens with one attached hydrogen (secondary N) is 1. The normalized spacial score (nSPS) is 11.8. The van der Waals surface area contributed by atoms with Gasteiger partial charge >= 0.3 is 0 Å². The lowest BCUT2D eigenvalue weighted by Gasteiger charge is -2.14. The summed E-state index contributed by atoms with van der Waals surface area (Å²) in [5, 5.41) is 3.48. The number of rotatable bonds is 10. The number of halogens is 6. The van der Waals surface area contributed by atoms with Gasteiger partial charge in [-0.2, -0.15) is 0 Å². The molecule has 7 heteroatoms. The van der Waals surface area contributed by atoms with Crippen LogP contribution in [-0.2, 0) is 0 Å². The molecule has 1 unspecified atom stereocenters. The van der Waals surface area contributed by atoms with E-state index in [4.69, 9.17) is 0 Å². The first-order valence-corrected chi connectivity index (χ1v) is 10.8.